The van der Waals surface area contributed by atoms with E-state index < -0.39 is 5.79 Å². The molecule has 6 aromatic rings. The van der Waals surface area contributed by atoms with Gasteiger partial charge in [-0.05, 0) is 68.7 Å². The van der Waals surface area contributed by atoms with Gasteiger partial charge in [-0.3, -0.25) is 0 Å². The van der Waals surface area contributed by atoms with Crippen LogP contribution in [0.2, 0.25) is 0 Å². The lowest BCUT2D eigenvalue weighted by Gasteiger charge is -2.28. The predicted molar refractivity (Wildman–Crippen MR) is 141 cm³/mol. The Hall–Kier alpha value is -5.10. The lowest BCUT2D eigenvalue weighted by Crippen LogP contribution is -2.36. The van der Waals surface area contributed by atoms with Crippen molar-refractivity contribution in [2.45, 2.75) is 5.79 Å². The third kappa shape index (κ3) is 2.99. The predicted octanol–water partition coefficient (Wildman–Crippen LogP) is 6.64. The smallest absolute Gasteiger partial charge is 0.305 e. The van der Waals surface area contributed by atoms with E-state index in [1.807, 2.05) is 72.8 Å². The van der Waals surface area contributed by atoms with Crippen LogP contribution >= 0.6 is 0 Å². The average Bonchev–Trinajstić information content (AvgIpc) is 3.31. The summed E-state index contributed by atoms with van der Waals surface area (Å²) in [5.41, 5.74) is 1.64. The van der Waals surface area contributed by atoms with Gasteiger partial charge in [0.05, 0.1) is 0 Å². The molecule has 0 unspecified atom stereocenters. The Balaban J connectivity index is 1.56. The van der Waals surface area contributed by atoms with Crippen molar-refractivity contribution < 1.29 is 29.9 Å². The molecule has 0 saturated carbocycles. The van der Waals surface area contributed by atoms with Gasteiger partial charge in [-0.2, -0.15) is 0 Å². The van der Waals surface area contributed by atoms with E-state index in [4.69, 9.17) is 9.47 Å². The Morgan fingerprint density at radius 1 is 0.405 bits per heavy atom. The molecule has 37 heavy (non-hydrogen) atoms. The normalized spacial score (nSPS) is 13.9. The van der Waals surface area contributed by atoms with Crippen LogP contribution in [0.3, 0.4) is 0 Å². The van der Waals surface area contributed by atoms with Crippen LogP contribution in [-0.4, -0.2) is 20.4 Å². The fourth-order valence-corrected chi connectivity index (χ4v) is 5.26. The highest BCUT2D eigenvalue weighted by Crippen LogP contribution is 2.52. The summed E-state index contributed by atoms with van der Waals surface area (Å²) in [4.78, 5) is 0. The Morgan fingerprint density at radius 3 is 1.03 bits per heavy atom. The van der Waals surface area contributed by atoms with Gasteiger partial charge < -0.3 is 29.9 Å². The summed E-state index contributed by atoms with van der Waals surface area (Å²) >= 11 is 0. The Morgan fingerprint density at radius 2 is 0.703 bits per heavy atom. The number of phenolic OH excluding ortho intramolecular Hbond substituents is 4. The molecule has 0 saturated heterocycles. The summed E-state index contributed by atoms with van der Waals surface area (Å²) in [6.07, 6.45) is 0. The number of hydrogen-bond acceptors (Lipinski definition) is 6. The van der Waals surface area contributed by atoms with E-state index in [2.05, 4.69) is 0 Å². The van der Waals surface area contributed by atoms with Gasteiger partial charge in [0, 0.05) is 11.1 Å². The van der Waals surface area contributed by atoms with E-state index in [-0.39, 0.29) is 23.0 Å². The standard InChI is InChI=1S/C31H20O6/c32-25-11-19-20-12-26(33)28(35)14-22(20)24-16-30-29(15-23(24)21(19)13-27(25)34)36-31(37-30,17-7-3-1-4-8-17)18-9-5-2-6-10-18/h1-16,32-35H. The van der Waals surface area contributed by atoms with E-state index in [9.17, 15) is 20.4 Å². The molecule has 0 aliphatic carbocycles. The minimum absolute atomic E-state index is 0.267. The topological polar surface area (TPSA) is 99.4 Å². The SMILES string of the molecule is Oc1cc2c3cc(O)c(O)cc3c3cc4c(cc3c2cc1O)OC(c1ccccc1)(c1ccccc1)O4. The summed E-state index contributed by atoms with van der Waals surface area (Å²) in [5, 5.41) is 45.1. The highest BCUT2D eigenvalue weighted by molar-refractivity contribution is 6.26. The Bertz CT molecular complexity index is 1730. The van der Waals surface area contributed by atoms with Gasteiger partial charge in [0.25, 0.3) is 0 Å². The number of fused-ring (bicyclic) bond motifs is 7. The maximum Gasteiger partial charge on any atom is 0.305 e. The number of aromatic hydroxyl groups is 4. The van der Waals surface area contributed by atoms with Crippen LogP contribution < -0.4 is 9.47 Å². The minimum atomic E-state index is -1.21. The summed E-state index contributed by atoms with van der Waals surface area (Å²) < 4.78 is 13.2. The van der Waals surface area contributed by atoms with Crippen LogP contribution in [0.5, 0.6) is 34.5 Å². The second-order valence-electron chi connectivity index (χ2n) is 9.17. The maximum atomic E-state index is 10.3. The fraction of sp³-hybridized carbons (Fsp3) is 0.0323. The van der Waals surface area contributed by atoms with E-state index >= 15 is 0 Å². The third-order valence-corrected chi connectivity index (χ3v) is 7.00. The van der Waals surface area contributed by atoms with Crippen LogP contribution in [0.1, 0.15) is 11.1 Å². The molecule has 1 heterocycles. The van der Waals surface area contributed by atoms with Crippen molar-refractivity contribution in [3.05, 3.63) is 108 Å². The molecule has 6 nitrogen and oxygen atoms in total. The molecular weight excluding hydrogens is 468 g/mol. The first-order valence-corrected chi connectivity index (χ1v) is 11.7. The quantitative estimate of drug-likeness (QED) is 0.161. The first kappa shape index (κ1) is 21.2. The second kappa shape index (κ2) is 7.45. The van der Waals surface area contributed by atoms with Crippen LogP contribution in [0.15, 0.2) is 97.1 Å². The Kier molecular flexibility index (Phi) is 4.27. The van der Waals surface area contributed by atoms with Crippen molar-refractivity contribution >= 4 is 32.3 Å². The molecular formula is C31H20O6. The number of rotatable bonds is 2. The van der Waals surface area contributed by atoms with Crippen molar-refractivity contribution in [2.24, 2.45) is 0 Å². The summed E-state index contributed by atoms with van der Waals surface area (Å²) in [6, 6.07) is 28.9. The molecule has 4 N–H and O–H groups in total. The second-order valence-corrected chi connectivity index (χ2v) is 9.17. The van der Waals surface area contributed by atoms with Gasteiger partial charge in [0.15, 0.2) is 34.5 Å². The first-order valence-electron chi connectivity index (χ1n) is 11.7. The number of phenols is 4. The minimum Gasteiger partial charge on any atom is -0.504 e. The van der Waals surface area contributed by atoms with Gasteiger partial charge in [-0.25, -0.2) is 0 Å². The summed E-state index contributed by atoms with van der Waals surface area (Å²) in [7, 11) is 0. The van der Waals surface area contributed by atoms with Crippen LogP contribution in [-0.2, 0) is 5.79 Å². The number of hydrogen-bond donors (Lipinski definition) is 4. The third-order valence-electron chi connectivity index (χ3n) is 7.00. The van der Waals surface area contributed by atoms with E-state index in [1.165, 1.54) is 24.3 Å². The lowest BCUT2D eigenvalue weighted by molar-refractivity contribution is -0.0458. The number of ether oxygens (including phenoxy) is 2. The zero-order valence-electron chi connectivity index (χ0n) is 19.3. The molecule has 0 aromatic heterocycles. The zero-order valence-corrected chi connectivity index (χ0v) is 19.3. The van der Waals surface area contributed by atoms with E-state index in [0.717, 1.165) is 21.9 Å². The van der Waals surface area contributed by atoms with E-state index in [1.54, 1.807) is 0 Å². The molecule has 180 valence electrons. The van der Waals surface area contributed by atoms with Crippen LogP contribution in [0, 0.1) is 0 Å². The van der Waals surface area contributed by atoms with Gasteiger partial charge in [-0.15, -0.1) is 0 Å². The van der Waals surface area contributed by atoms with Crippen LogP contribution in [0.4, 0.5) is 0 Å². The molecule has 6 aromatic carbocycles. The lowest BCUT2D eigenvalue weighted by atomic mass is 9.93. The first-order chi connectivity index (χ1) is 17.9. The summed E-state index contributed by atoms with van der Waals surface area (Å²) in [5.74, 6) is -1.29. The van der Waals surface area contributed by atoms with Crippen molar-refractivity contribution in [2.75, 3.05) is 0 Å². The van der Waals surface area contributed by atoms with Gasteiger partial charge in [0.1, 0.15) is 0 Å². The largest absolute Gasteiger partial charge is 0.504 e. The average molecular weight is 488 g/mol. The van der Waals surface area contributed by atoms with Crippen molar-refractivity contribution in [3.8, 4) is 34.5 Å². The van der Waals surface area contributed by atoms with Gasteiger partial charge in [-0.1, -0.05) is 60.7 Å². The molecule has 7 rings (SSSR count). The fourth-order valence-electron chi connectivity index (χ4n) is 5.26. The molecule has 6 heteroatoms. The van der Waals surface area contributed by atoms with Gasteiger partial charge >= 0.3 is 5.79 Å². The van der Waals surface area contributed by atoms with Gasteiger partial charge in [0.2, 0.25) is 0 Å². The van der Waals surface area contributed by atoms with Crippen molar-refractivity contribution in [3.63, 3.8) is 0 Å². The highest BCUT2D eigenvalue weighted by Gasteiger charge is 2.45. The number of benzene rings is 6. The molecule has 1 aliphatic rings. The maximum absolute atomic E-state index is 10.3. The molecule has 0 amide bonds. The highest BCUT2D eigenvalue weighted by atomic mass is 16.7. The zero-order chi connectivity index (χ0) is 25.3. The molecule has 0 radical (unpaired) electrons. The van der Waals surface area contributed by atoms with Crippen LogP contribution in [0.25, 0.3) is 32.3 Å². The van der Waals surface area contributed by atoms with Crippen molar-refractivity contribution in [1.82, 2.24) is 0 Å². The van der Waals surface area contributed by atoms with E-state index in [0.29, 0.717) is 33.0 Å². The monoisotopic (exact) mass is 488 g/mol. The molecule has 0 atom stereocenters. The molecule has 0 bridgehead atoms. The summed E-state index contributed by atoms with van der Waals surface area (Å²) in [6.45, 7) is 0. The molecule has 1 aliphatic heterocycles. The molecule has 0 fully saturated rings. The van der Waals surface area contributed by atoms with Crippen molar-refractivity contribution in [1.29, 1.82) is 0 Å². The Labute approximate surface area is 210 Å². The molecule has 0 spiro atoms.